The molecular formula is C11H14N2O3. The SMILES string of the molecule is CN1C(=O)NC(=O)C(C2=CCCCC2)C1=O. The van der Waals surface area contributed by atoms with Gasteiger partial charge in [0.25, 0.3) is 0 Å². The van der Waals surface area contributed by atoms with Gasteiger partial charge in [-0.1, -0.05) is 11.6 Å². The zero-order valence-electron chi connectivity index (χ0n) is 9.16. The minimum absolute atomic E-state index is 0.415. The van der Waals surface area contributed by atoms with E-state index in [9.17, 15) is 14.4 Å². The second-order valence-corrected chi connectivity index (χ2v) is 4.15. The standard InChI is InChI=1S/C11H14N2O3/c1-13-10(15)8(9(14)12-11(13)16)7-5-3-2-4-6-7/h5,8H,2-4,6H2,1H3,(H,12,14,16). The van der Waals surface area contributed by atoms with Crippen LogP contribution in [0.4, 0.5) is 4.79 Å². The van der Waals surface area contributed by atoms with Crippen molar-refractivity contribution in [1.82, 2.24) is 10.2 Å². The summed E-state index contributed by atoms with van der Waals surface area (Å²) in [6.07, 6.45) is 5.73. The molecule has 5 heteroatoms. The monoisotopic (exact) mass is 222 g/mol. The molecule has 0 radical (unpaired) electrons. The normalized spacial score (nSPS) is 26.6. The van der Waals surface area contributed by atoms with Gasteiger partial charge >= 0.3 is 6.03 Å². The zero-order valence-corrected chi connectivity index (χ0v) is 9.16. The van der Waals surface area contributed by atoms with Crippen LogP contribution in [0.3, 0.4) is 0 Å². The van der Waals surface area contributed by atoms with Crippen LogP contribution >= 0.6 is 0 Å². The highest BCUT2D eigenvalue weighted by Crippen LogP contribution is 2.27. The largest absolute Gasteiger partial charge is 0.330 e. The summed E-state index contributed by atoms with van der Waals surface area (Å²) in [5.74, 6) is -1.69. The fourth-order valence-corrected chi connectivity index (χ4v) is 2.12. The molecule has 4 amide bonds. The van der Waals surface area contributed by atoms with Crippen LogP contribution in [0.25, 0.3) is 0 Å². The van der Waals surface area contributed by atoms with Crippen LogP contribution in [-0.2, 0) is 9.59 Å². The van der Waals surface area contributed by atoms with Crippen LogP contribution in [-0.4, -0.2) is 29.8 Å². The average molecular weight is 222 g/mol. The van der Waals surface area contributed by atoms with Crippen LogP contribution in [0.2, 0.25) is 0 Å². The van der Waals surface area contributed by atoms with Gasteiger partial charge in [0, 0.05) is 7.05 Å². The molecule has 0 aromatic rings. The molecule has 2 aliphatic rings. The van der Waals surface area contributed by atoms with Gasteiger partial charge in [-0.15, -0.1) is 0 Å². The Morgan fingerprint density at radius 1 is 1.31 bits per heavy atom. The Balaban J connectivity index is 2.25. The van der Waals surface area contributed by atoms with Crippen LogP contribution in [0.1, 0.15) is 25.7 Å². The second-order valence-electron chi connectivity index (χ2n) is 4.15. The summed E-state index contributed by atoms with van der Waals surface area (Å²) in [6, 6.07) is -0.636. The highest BCUT2D eigenvalue weighted by atomic mass is 16.2. The van der Waals surface area contributed by atoms with Crippen molar-refractivity contribution in [2.75, 3.05) is 7.05 Å². The smallest absolute Gasteiger partial charge is 0.277 e. The van der Waals surface area contributed by atoms with Crippen molar-refractivity contribution >= 4 is 17.8 Å². The van der Waals surface area contributed by atoms with E-state index >= 15 is 0 Å². The van der Waals surface area contributed by atoms with E-state index in [-0.39, 0.29) is 0 Å². The molecule has 16 heavy (non-hydrogen) atoms. The summed E-state index contributed by atoms with van der Waals surface area (Å²) < 4.78 is 0. The Labute approximate surface area is 93.5 Å². The number of carbonyl (C=O) groups excluding carboxylic acids is 3. The summed E-state index contributed by atoms with van der Waals surface area (Å²) in [5, 5.41) is 2.19. The average Bonchev–Trinajstić information content (AvgIpc) is 2.28. The molecule has 1 aliphatic carbocycles. The summed E-state index contributed by atoms with van der Waals surface area (Å²) >= 11 is 0. The molecule has 2 rings (SSSR count). The molecule has 0 spiro atoms. The number of amides is 4. The van der Waals surface area contributed by atoms with E-state index in [0.717, 1.165) is 36.2 Å². The predicted octanol–water partition coefficient (Wildman–Crippen LogP) is 0.811. The summed E-state index contributed by atoms with van der Waals surface area (Å²) in [5.41, 5.74) is 0.855. The zero-order chi connectivity index (χ0) is 11.7. The van der Waals surface area contributed by atoms with Crippen LogP contribution in [0, 0.1) is 5.92 Å². The van der Waals surface area contributed by atoms with Crippen molar-refractivity contribution in [2.24, 2.45) is 5.92 Å². The number of allylic oxidation sites excluding steroid dienone is 1. The maximum absolute atomic E-state index is 11.8. The third-order valence-electron chi connectivity index (χ3n) is 3.07. The first kappa shape index (κ1) is 10.9. The minimum atomic E-state index is -0.789. The molecule has 0 bridgehead atoms. The highest BCUT2D eigenvalue weighted by Gasteiger charge is 2.40. The molecule has 1 unspecified atom stereocenters. The number of rotatable bonds is 1. The maximum atomic E-state index is 11.8. The second kappa shape index (κ2) is 4.08. The maximum Gasteiger partial charge on any atom is 0.330 e. The number of carbonyl (C=O) groups is 3. The minimum Gasteiger partial charge on any atom is -0.277 e. The lowest BCUT2D eigenvalue weighted by molar-refractivity contribution is -0.140. The summed E-state index contributed by atoms with van der Waals surface area (Å²) in [7, 11) is 1.39. The van der Waals surface area contributed by atoms with Gasteiger partial charge in [-0.05, 0) is 25.7 Å². The highest BCUT2D eigenvalue weighted by molar-refractivity contribution is 6.17. The van der Waals surface area contributed by atoms with Crippen molar-refractivity contribution in [1.29, 1.82) is 0 Å². The molecule has 1 atom stereocenters. The molecule has 1 saturated heterocycles. The van der Waals surface area contributed by atoms with Crippen LogP contribution < -0.4 is 5.32 Å². The first-order valence-corrected chi connectivity index (χ1v) is 5.42. The van der Waals surface area contributed by atoms with E-state index in [4.69, 9.17) is 0 Å². The Morgan fingerprint density at radius 3 is 2.69 bits per heavy atom. The predicted molar refractivity (Wildman–Crippen MR) is 56.3 cm³/mol. The first-order valence-electron chi connectivity index (χ1n) is 5.42. The van der Waals surface area contributed by atoms with E-state index in [1.54, 1.807) is 0 Å². The fourth-order valence-electron chi connectivity index (χ4n) is 2.12. The van der Waals surface area contributed by atoms with Crippen molar-refractivity contribution in [3.63, 3.8) is 0 Å². The van der Waals surface area contributed by atoms with E-state index in [0.29, 0.717) is 0 Å². The van der Waals surface area contributed by atoms with E-state index in [1.807, 2.05) is 6.08 Å². The lowest BCUT2D eigenvalue weighted by Gasteiger charge is -2.29. The van der Waals surface area contributed by atoms with Crippen LogP contribution in [0.5, 0.6) is 0 Å². The van der Waals surface area contributed by atoms with Gasteiger partial charge in [0.15, 0.2) is 0 Å². The van der Waals surface area contributed by atoms with Gasteiger partial charge in [-0.25, -0.2) is 4.79 Å². The Hall–Kier alpha value is -1.65. The van der Waals surface area contributed by atoms with Crippen molar-refractivity contribution in [2.45, 2.75) is 25.7 Å². The first-order chi connectivity index (χ1) is 7.61. The van der Waals surface area contributed by atoms with E-state index in [1.165, 1.54) is 7.05 Å². The number of imide groups is 2. The Morgan fingerprint density at radius 2 is 2.06 bits per heavy atom. The molecule has 0 saturated carbocycles. The van der Waals surface area contributed by atoms with E-state index < -0.39 is 23.8 Å². The number of hydrogen-bond donors (Lipinski definition) is 1. The number of nitrogens with zero attached hydrogens (tertiary/aromatic N) is 1. The van der Waals surface area contributed by atoms with Gasteiger partial charge in [-0.2, -0.15) is 0 Å². The lowest BCUT2D eigenvalue weighted by atomic mass is 9.87. The van der Waals surface area contributed by atoms with E-state index in [2.05, 4.69) is 5.32 Å². The van der Waals surface area contributed by atoms with Crippen molar-refractivity contribution < 1.29 is 14.4 Å². The Bertz CT molecular complexity index is 387. The third kappa shape index (κ3) is 1.73. The topological polar surface area (TPSA) is 66.5 Å². The molecule has 5 nitrogen and oxygen atoms in total. The Kier molecular flexibility index (Phi) is 2.77. The van der Waals surface area contributed by atoms with Crippen molar-refractivity contribution in [3.05, 3.63) is 11.6 Å². The lowest BCUT2D eigenvalue weighted by Crippen LogP contribution is -2.56. The molecule has 0 aromatic heterocycles. The fraction of sp³-hybridized carbons (Fsp3) is 0.545. The number of nitrogens with one attached hydrogen (secondary N) is 1. The van der Waals surface area contributed by atoms with Gasteiger partial charge in [0.1, 0.15) is 5.92 Å². The molecule has 1 fully saturated rings. The van der Waals surface area contributed by atoms with Gasteiger partial charge < -0.3 is 0 Å². The quantitative estimate of drug-likeness (QED) is 0.527. The molecular weight excluding hydrogens is 208 g/mol. The van der Waals surface area contributed by atoms with Crippen molar-refractivity contribution in [3.8, 4) is 0 Å². The number of hydrogen-bond acceptors (Lipinski definition) is 3. The molecule has 1 N–H and O–H groups in total. The number of barbiturate groups is 1. The molecule has 86 valence electrons. The molecule has 0 aromatic carbocycles. The summed E-state index contributed by atoms with van der Waals surface area (Å²) in [6.45, 7) is 0. The summed E-state index contributed by atoms with van der Waals surface area (Å²) in [4.78, 5) is 35.7. The third-order valence-corrected chi connectivity index (χ3v) is 3.07. The van der Waals surface area contributed by atoms with Gasteiger partial charge in [0.2, 0.25) is 11.8 Å². The van der Waals surface area contributed by atoms with Gasteiger partial charge in [-0.3, -0.25) is 19.8 Å². The van der Waals surface area contributed by atoms with Crippen LogP contribution in [0.15, 0.2) is 11.6 Å². The van der Waals surface area contributed by atoms with Gasteiger partial charge in [0.05, 0.1) is 0 Å². The molecule has 1 aliphatic heterocycles. The molecule has 1 heterocycles. The number of urea groups is 1.